The van der Waals surface area contributed by atoms with E-state index >= 15 is 0 Å². The summed E-state index contributed by atoms with van der Waals surface area (Å²) in [5.41, 5.74) is 2.19. The molecule has 0 unspecified atom stereocenters. The molecule has 0 aliphatic carbocycles. The molecule has 0 saturated heterocycles. The van der Waals surface area contributed by atoms with Gasteiger partial charge in [0.1, 0.15) is 5.60 Å². The number of aryl methyl sites for hydroxylation is 2. The van der Waals surface area contributed by atoms with E-state index in [-0.39, 0.29) is 0 Å². The zero-order valence-electron chi connectivity index (χ0n) is 11.9. The van der Waals surface area contributed by atoms with Gasteiger partial charge in [0, 0.05) is 11.8 Å². The number of hydrogen-bond acceptors (Lipinski definition) is 2. The summed E-state index contributed by atoms with van der Waals surface area (Å²) in [6.45, 7) is 3.36. The van der Waals surface area contributed by atoms with Gasteiger partial charge in [-0.05, 0) is 44.4 Å². The van der Waals surface area contributed by atoms with Gasteiger partial charge >= 0.3 is 0 Å². The minimum atomic E-state index is -0.980. The van der Waals surface area contributed by atoms with Crippen LogP contribution >= 0.6 is 0 Å². The number of rotatable bonds is 3. The molecule has 1 aromatic carbocycles. The summed E-state index contributed by atoms with van der Waals surface area (Å²) in [6, 6.07) is 14.2. The van der Waals surface area contributed by atoms with E-state index in [0.717, 1.165) is 24.1 Å². The minimum Gasteiger partial charge on any atom is -0.378 e. The smallest absolute Gasteiger partial charge is 0.120 e. The highest BCUT2D eigenvalue weighted by Crippen LogP contribution is 2.10. The molecule has 2 heteroatoms. The van der Waals surface area contributed by atoms with Gasteiger partial charge in [-0.1, -0.05) is 42.2 Å². The summed E-state index contributed by atoms with van der Waals surface area (Å²) < 4.78 is 0. The second kappa shape index (κ2) is 6.36. The van der Waals surface area contributed by atoms with E-state index in [1.807, 2.05) is 30.3 Å². The Morgan fingerprint density at radius 3 is 2.50 bits per heavy atom. The molecule has 0 spiro atoms. The lowest BCUT2D eigenvalue weighted by molar-refractivity contribution is 0.143. The number of aliphatic hydroxyl groups is 1. The molecule has 0 fully saturated rings. The van der Waals surface area contributed by atoms with Crippen LogP contribution in [0.15, 0.2) is 48.7 Å². The molecule has 0 atom stereocenters. The van der Waals surface area contributed by atoms with Crippen molar-refractivity contribution in [2.75, 3.05) is 0 Å². The molecule has 2 aromatic rings. The maximum absolute atomic E-state index is 9.68. The van der Waals surface area contributed by atoms with Crippen LogP contribution in [0.2, 0.25) is 0 Å². The van der Waals surface area contributed by atoms with Crippen molar-refractivity contribution in [1.82, 2.24) is 4.98 Å². The van der Waals surface area contributed by atoms with Gasteiger partial charge in [0.25, 0.3) is 0 Å². The Hall–Kier alpha value is -2.11. The van der Waals surface area contributed by atoms with Crippen molar-refractivity contribution in [1.29, 1.82) is 0 Å². The molecular weight excluding hydrogens is 246 g/mol. The molecule has 102 valence electrons. The average molecular weight is 265 g/mol. The van der Waals surface area contributed by atoms with Crippen molar-refractivity contribution in [2.45, 2.75) is 32.3 Å². The zero-order valence-corrected chi connectivity index (χ0v) is 11.9. The van der Waals surface area contributed by atoms with Gasteiger partial charge in [0.2, 0.25) is 0 Å². The number of pyridine rings is 1. The third-order valence-electron chi connectivity index (χ3n) is 2.89. The highest BCUT2D eigenvalue weighted by Gasteiger charge is 2.07. The van der Waals surface area contributed by atoms with Crippen molar-refractivity contribution in [3.05, 3.63) is 65.5 Å². The molecule has 1 aromatic heterocycles. The first-order valence-electron chi connectivity index (χ1n) is 6.78. The van der Waals surface area contributed by atoms with E-state index in [4.69, 9.17) is 0 Å². The van der Waals surface area contributed by atoms with E-state index in [1.165, 1.54) is 5.56 Å². The first-order chi connectivity index (χ1) is 9.54. The van der Waals surface area contributed by atoms with Crippen LogP contribution in [0.1, 0.15) is 30.7 Å². The van der Waals surface area contributed by atoms with Crippen molar-refractivity contribution >= 4 is 0 Å². The number of benzene rings is 1. The van der Waals surface area contributed by atoms with Crippen LogP contribution in [0.4, 0.5) is 0 Å². The van der Waals surface area contributed by atoms with Crippen molar-refractivity contribution in [3.8, 4) is 11.8 Å². The quantitative estimate of drug-likeness (QED) is 0.865. The van der Waals surface area contributed by atoms with Gasteiger partial charge < -0.3 is 5.11 Å². The molecule has 1 heterocycles. The molecule has 0 aliphatic rings. The van der Waals surface area contributed by atoms with Gasteiger partial charge in [-0.15, -0.1) is 0 Å². The molecule has 2 rings (SSSR count). The van der Waals surface area contributed by atoms with Crippen molar-refractivity contribution in [2.24, 2.45) is 0 Å². The fraction of sp³-hybridized carbons (Fsp3) is 0.278. The van der Waals surface area contributed by atoms with E-state index < -0.39 is 5.60 Å². The molecule has 0 amide bonds. The van der Waals surface area contributed by atoms with Gasteiger partial charge in [-0.3, -0.25) is 4.98 Å². The second-order valence-electron chi connectivity index (χ2n) is 5.29. The molecule has 0 bridgehead atoms. The highest BCUT2D eigenvalue weighted by atomic mass is 16.3. The Balaban J connectivity index is 2.14. The lowest BCUT2D eigenvalue weighted by Gasteiger charge is -2.07. The van der Waals surface area contributed by atoms with Gasteiger partial charge in [-0.25, -0.2) is 0 Å². The lowest BCUT2D eigenvalue weighted by atomic mass is 10.0. The fourth-order valence-electron chi connectivity index (χ4n) is 1.88. The largest absolute Gasteiger partial charge is 0.378 e. The Labute approximate surface area is 120 Å². The van der Waals surface area contributed by atoms with Crippen LogP contribution in [0.3, 0.4) is 0 Å². The van der Waals surface area contributed by atoms with Crippen LogP contribution in [0, 0.1) is 11.8 Å². The Morgan fingerprint density at radius 2 is 1.80 bits per heavy atom. The molecule has 0 aliphatic heterocycles. The number of hydrogen-bond donors (Lipinski definition) is 1. The van der Waals surface area contributed by atoms with E-state index in [9.17, 15) is 5.11 Å². The van der Waals surface area contributed by atoms with Crippen LogP contribution < -0.4 is 0 Å². The van der Waals surface area contributed by atoms with Crippen LogP contribution in [0.25, 0.3) is 0 Å². The lowest BCUT2D eigenvalue weighted by Crippen LogP contribution is -2.14. The van der Waals surface area contributed by atoms with Crippen LogP contribution in [-0.2, 0) is 12.8 Å². The van der Waals surface area contributed by atoms with Crippen molar-refractivity contribution in [3.63, 3.8) is 0 Å². The topological polar surface area (TPSA) is 33.1 Å². The van der Waals surface area contributed by atoms with Crippen LogP contribution in [0.5, 0.6) is 0 Å². The molecular formula is C18H19NO. The van der Waals surface area contributed by atoms with Gasteiger partial charge in [0.15, 0.2) is 0 Å². The standard InChI is InChI=1S/C18H19NO/c1-18(2,20)13-12-16-9-6-14-19-17(16)11-10-15-7-4-3-5-8-15/h3-9,14,20H,10-11H2,1-2H3. The zero-order chi connectivity index (χ0) is 14.4. The predicted octanol–water partition coefficient (Wildman–Crippen LogP) is 2.99. The molecule has 0 radical (unpaired) electrons. The van der Waals surface area contributed by atoms with E-state index in [1.54, 1.807) is 20.0 Å². The normalized spacial score (nSPS) is 10.8. The number of nitrogens with zero attached hydrogens (tertiary/aromatic N) is 1. The monoisotopic (exact) mass is 265 g/mol. The first kappa shape index (κ1) is 14.3. The average Bonchev–Trinajstić information content (AvgIpc) is 2.44. The Bertz CT molecular complexity index is 615. The van der Waals surface area contributed by atoms with E-state index in [0.29, 0.717) is 0 Å². The SMILES string of the molecule is CC(C)(O)C#Cc1cccnc1CCc1ccccc1. The molecule has 20 heavy (non-hydrogen) atoms. The van der Waals surface area contributed by atoms with E-state index in [2.05, 4.69) is 29.0 Å². The molecule has 2 nitrogen and oxygen atoms in total. The van der Waals surface area contributed by atoms with Crippen LogP contribution in [-0.4, -0.2) is 15.7 Å². The Kier molecular flexibility index (Phi) is 4.55. The Morgan fingerprint density at radius 1 is 1.05 bits per heavy atom. The van der Waals surface area contributed by atoms with Gasteiger partial charge in [0.05, 0.1) is 5.69 Å². The number of aromatic nitrogens is 1. The summed E-state index contributed by atoms with van der Waals surface area (Å²) in [5, 5.41) is 9.68. The van der Waals surface area contributed by atoms with Crippen molar-refractivity contribution < 1.29 is 5.11 Å². The summed E-state index contributed by atoms with van der Waals surface area (Å²) in [6.07, 6.45) is 3.57. The predicted molar refractivity (Wildman–Crippen MR) is 81.3 cm³/mol. The third-order valence-corrected chi connectivity index (χ3v) is 2.89. The fourth-order valence-corrected chi connectivity index (χ4v) is 1.88. The van der Waals surface area contributed by atoms with Gasteiger partial charge in [-0.2, -0.15) is 0 Å². The first-order valence-corrected chi connectivity index (χ1v) is 6.78. The third kappa shape index (κ3) is 4.53. The summed E-state index contributed by atoms with van der Waals surface area (Å²) in [4.78, 5) is 4.41. The molecule has 0 saturated carbocycles. The highest BCUT2D eigenvalue weighted by molar-refractivity contribution is 5.39. The summed E-state index contributed by atoms with van der Waals surface area (Å²) >= 11 is 0. The maximum atomic E-state index is 9.68. The summed E-state index contributed by atoms with van der Waals surface area (Å²) in [5.74, 6) is 5.87. The second-order valence-corrected chi connectivity index (χ2v) is 5.29. The minimum absolute atomic E-state index is 0.848. The molecule has 1 N–H and O–H groups in total. The summed E-state index contributed by atoms with van der Waals surface area (Å²) in [7, 11) is 0. The maximum Gasteiger partial charge on any atom is 0.120 e.